The van der Waals surface area contributed by atoms with Crippen molar-refractivity contribution in [3.8, 4) is 0 Å². The highest BCUT2D eigenvalue weighted by molar-refractivity contribution is 7.99. The molecule has 0 spiro atoms. The molecule has 0 unspecified atom stereocenters. The Bertz CT molecular complexity index is 806. The van der Waals surface area contributed by atoms with Crippen LogP contribution >= 0.6 is 11.8 Å². The fourth-order valence-electron chi connectivity index (χ4n) is 3.26. The number of imidazole rings is 1. The second-order valence-electron chi connectivity index (χ2n) is 6.50. The zero-order valence-electron chi connectivity index (χ0n) is 14.8. The van der Waals surface area contributed by atoms with Gasteiger partial charge in [0.05, 0.1) is 11.0 Å². The van der Waals surface area contributed by atoms with Crippen molar-refractivity contribution in [2.24, 2.45) is 0 Å². The molecule has 3 rings (SSSR count). The molecule has 2 N–H and O–H groups in total. The number of aromatic nitrogens is 2. The number of hydrogen-bond donors (Lipinski definition) is 2. The van der Waals surface area contributed by atoms with Gasteiger partial charge in [-0.15, -0.1) is 0 Å². The van der Waals surface area contributed by atoms with Crippen molar-refractivity contribution in [1.82, 2.24) is 20.2 Å². The number of nitrogens with one attached hydrogen (secondary N) is 2. The maximum atomic E-state index is 12.8. The molecule has 2 aromatic rings. The van der Waals surface area contributed by atoms with E-state index in [0.717, 1.165) is 25.7 Å². The molecule has 1 aliphatic carbocycles. The lowest BCUT2D eigenvalue weighted by Gasteiger charge is -2.12. The molecule has 1 aromatic carbocycles. The number of carbonyl (C=O) groups is 2. The summed E-state index contributed by atoms with van der Waals surface area (Å²) in [6, 6.07) is 7.23. The second-order valence-corrected chi connectivity index (χ2v) is 7.45. The Hall–Kier alpha value is -2.16. The first-order valence-corrected chi connectivity index (χ1v) is 9.87. The van der Waals surface area contributed by atoms with Gasteiger partial charge in [-0.05, 0) is 36.7 Å². The van der Waals surface area contributed by atoms with Crippen LogP contribution in [0.4, 0.5) is 8.78 Å². The van der Waals surface area contributed by atoms with Gasteiger partial charge < -0.3 is 15.2 Å². The first kappa shape index (κ1) is 19.6. The lowest BCUT2D eigenvalue weighted by molar-refractivity contribution is -0.123. The summed E-state index contributed by atoms with van der Waals surface area (Å²) in [6.07, 6.45) is 4.50. The fourth-order valence-corrected chi connectivity index (χ4v) is 3.86. The quantitative estimate of drug-likeness (QED) is 0.673. The van der Waals surface area contributed by atoms with E-state index in [1.165, 1.54) is 4.57 Å². The number of hydrogen-bond acceptors (Lipinski definition) is 4. The Kier molecular flexibility index (Phi) is 6.65. The van der Waals surface area contributed by atoms with Crippen LogP contribution in [0.5, 0.6) is 0 Å². The van der Waals surface area contributed by atoms with Crippen LogP contribution in [0.3, 0.4) is 0 Å². The van der Waals surface area contributed by atoms with Gasteiger partial charge in [0.15, 0.2) is 5.16 Å². The van der Waals surface area contributed by atoms with Crippen LogP contribution in [0, 0.1) is 0 Å². The van der Waals surface area contributed by atoms with Gasteiger partial charge in [-0.2, -0.15) is 8.78 Å². The monoisotopic (exact) mass is 396 g/mol. The molecule has 6 nitrogen and oxygen atoms in total. The lowest BCUT2D eigenvalue weighted by atomic mass is 10.2. The summed E-state index contributed by atoms with van der Waals surface area (Å²) in [5.74, 6) is -3.05. The van der Waals surface area contributed by atoms with Crippen LogP contribution in [-0.4, -0.2) is 39.7 Å². The minimum absolute atomic E-state index is 0.0794. The van der Waals surface area contributed by atoms with E-state index in [1.807, 2.05) is 0 Å². The van der Waals surface area contributed by atoms with Crippen LogP contribution in [0.2, 0.25) is 0 Å². The molecule has 27 heavy (non-hydrogen) atoms. The van der Waals surface area contributed by atoms with E-state index in [4.69, 9.17) is 0 Å². The number of para-hydroxylation sites is 2. The number of carbonyl (C=O) groups excluding carboxylic acids is 2. The molecule has 1 fully saturated rings. The molecule has 9 heteroatoms. The zero-order chi connectivity index (χ0) is 19.2. The van der Waals surface area contributed by atoms with Gasteiger partial charge in [0, 0.05) is 19.0 Å². The average molecular weight is 396 g/mol. The zero-order valence-corrected chi connectivity index (χ0v) is 15.6. The third-order valence-corrected chi connectivity index (χ3v) is 5.21. The van der Waals surface area contributed by atoms with E-state index < -0.39 is 5.76 Å². The maximum Gasteiger partial charge on any atom is 0.291 e. The minimum Gasteiger partial charge on any atom is -0.354 e. The van der Waals surface area contributed by atoms with E-state index in [0.29, 0.717) is 22.8 Å². The third kappa shape index (κ3) is 5.41. The summed E-state index contributed by atoms with van der Waals surface area (Å²) < 4.78 is 27.1. The predicted molar refractivity (Wildman–Crippen MR) is 99.6 cm³/mol. The Balaban J connectivity index is 1.54. The van der Waals surface area contributed by atoms with Gasteiger partial charge in [0.25, 0.3) is 5.76 Å². The first-order chi connectivity index (χ1) is 13.0. The van der Waals surface area contributed by atoms with Crippen molar-refractivity contribution in [2.45, 2.75) is 55.6 Å². The Labute approximate surface area is 160 Å². The molecular formula is C18H22F2N4O2S. The summed E-state index contributed by atoms with van der Waals surface area (Å²) in [5, 5.41) is 5.74. The molecule has 0 saturated heterocycles. The highest BCUT2D eigenvalue weighted by Crippen LogP contribution is 2.28. The lowest BCUT2D eigenvalue weighted by Crippen LogP contribution is -2.36. The van der Waals surface area contributed by atoms with Crippen LogP contribution in [0.25, 0.3) is 11.0 Å². The van der Waals surface area contributed by atoms with Crippen molar-refractivity contribution in [1.29, 1.82) is 0 Å². The molecule has 0 bridgehead atoms. The number of fused-ring (bicyclic) bond motifs is 1. The third-order valence-electron chi connectivity index (χ3n) is 4.51. The van der Waals surface area contributed by atoms with E-state index >= 15 is 0 Å². The Morgan fingerprint density at radius 2 is 1.96 bits per heavy atom. The van der Waals surface area contributed by atoms with E-state index in [9.17, 15) is 18.4 Å². The van der Waals surface area contributed by atoms with Gasteiger partial charge in [-0.3, -0.25) is 9.59 Å². The van der Waals surface area contributed by atoms with Crippen molar-refractivity contribution < 1.29 is 18.4 Å². The van der Waals surface area contributed by atoms with Crippen LogP contribution < -0.4 is 10.6 Å². The summed E-state index contributed by atoms with van der Waals surface area (Å²) in [6.45, 7) is 0.0845. The number of nitrogens with zero attached hydrogens (tertiary/aromatic N) is 2. The number of alkyl halides is 2. The number of rotatable bonds is 8. The molecule has 146 valence electrons. The molecule has 0 radical (unpaired) electrons. The van der Waals surface area contributed by atoms with Crippen LogP contribution in [-0.2, 0) is 16.1 Å². The minimum atomic E-state index is -2.62. The number of amides is 2. The summed E-state index contributed by atoms with van der Waals surface area (Å²) in [4.78, 5) is 28.3. The van der Waals surface area contributed by atoms with Gasteiger partial charge in [0.1, 0.15) is 6.54 Å². The van der Waals surface area contributed by atoms with Gasteiger partial charge in [-0.25, -0.2) is 4.98 Å². The molecule has 1 saturated carbocycles. The van der Waals surface area contributed by atoms with Crippen LogP contribution in [0.15, 0.2) is 29.4 Å². The molecule has 0 aliphatic heterocycles. The molecule has 0 atom stereocenters. The predicted octanol–water partition coefficient (Wildman–Crippen LogP) is 2.92. The smallest absolute Gasteiger partial charge is 0.291 e. The molecule has 1 heterocycles. The standard InChI is InChI=1S/C18H22F2N4O2S/c19-17(20)27-18-23-13-7-3-4-8-14(13)24(18)11-16(26)21-10-9-15(25)22-12-5-1-2-6-12/h3-4,7-8,12,17H,1-2,5-6,9-11H2,(H,21,26)(H,22,25). The Morgan fingerprint density at radius 3 is 2.70 bits per heavy atom. The highest BCUT2D eigenvalue weighted by atomic mass is 32.2. The van der Waals surface area contributed by atoms with Gasteiger partial charge >= 0.3 is 0 Å². The largest absolute Gasteiger partial charge is 0.354 e. The SMILES string of the molecule is O=C(Cn1c(SC(F)F)nc2ccccc21)NCCC(=O)NC1CCCC1. The van der Waals surface area contributed by atoms with Crippen molar-refractivity contribution in [3.63, 3.8) is 0 Å². The molecule has 2 amide bonds. The second kappa shape index (κ2) is 9.16. The highest BCUT2D eigenvalue weighted by Gasteiger charge is 2.19. The van der Waals surface area contributed by atoms with Crippen molar-refractivity contribution in [3.05, 3.63) is 24.3 Å². The van der Waals surface area contributed by atoms with Crippen molar-refractivity contribution in [2.75, 3.05) is 6.54 Å². The summed E-state index contributed by atoms with van der Waals surface area (Å²) >= 11 is 0.314. The fraction of sp³-hybridized carbons (Fsp3) is 0.500. The van der Waals surface area contributed by atoms with E-state index in [1.54, 1.807) is 24.3 Å². The molecule has 1 aromatic heterocycles. The van der Waals surface area contributed by atoms with E-state index in [2.05, 4.69) is 15.6 Å². The summed E-state index contributed by atoms with van der Waals surface area (Å²) in [5.41, 5.74) is 1.18. The normalized spacial score (nSPS) is 14.8. The Morgan fingerprint density at radius 1 is 1.22 bits per heavy atom. The van der Waals surface area contributed by atoms with E-state index in [-0.39, 0.29) is 42.5 Å². The molecular weight excluding hydrogens is 374 g/mol. The number of thioether (sulfide) groups is 1. The number of halogens is 2. The van der Waals surface area contributed by atoms with Crippen LogP contribution in [0.1, 0.15) is 32.1 Å². The average Bonchev–Trinajstić information content (AvgIpc) is 3.23. The molecule has 1 aliphatic rings. The van der Waals surface area contributed by atoms with Gasteiger partial charge in [-0.1, -0.05) is 25.0 Å². The van der Waals surface area contributed by atoms with Crippen molar-refractivity contribution >= 4 is 34.6 Å². The topological polar surface area (TPSA) is 76.0 Å². The maximum absolute atomic E-state index is 12.8. The first-order valence-electron chi connectivity index (χ1n) is 8.99. The summed E-state index contributed by atoms with van der Waals surface area (Å²) in [7, 11) is 0. The van der Waals surface area contributed by atoms with Gasteiger partial charge in [0.2, 0.25) is 11.8 Å². The number of benzene rings is 1.